The fourth-order valence-electron chi connectivity index (χ4n) is 2.92. The van der Waals surface area contributed by atoms with Gasteiger partial charge in [0.1, 0.15) is 0 Å². The maximum absolute atomic E-state index is 11.7. The van der Waals surface area contributed by atoms with E-state index in [1.54, 1.807) is 13.8 Å². The van der Waals surface area contributed by atoms with E-state index in [0.717, 1.165) is 0 Å². The minimum atomic E-state index is -3.02. The predicted octanol–water partition coefficient (Wildman–Crippen LogP) is 3.77. The van der Waals surface area contributed by atoms with Crippen LogP contribution < -0.4 is 0 Å². The number of carbonyl (C=O) groups excluding carboxylic acids is 2. The highest BCUT2D eigenvalue weighted by molar-refractivity contribution is 6.62. The minimum absolute atomic E-state index is 0.338. The van der Waals surface area contributed by atoms with Crippen LogP contribution in [0.15, 0.2) is 24.3 Å². The van der Waals surface area contributed by atoms with Crippen molar-refractivity contribution >= 4 is 29.5 Å². The summed E-state index contributed by atoms with van der Waals surface area (Å²) < 4.78 is 43.6. The summed E-state index contributed by atoms with van der Waals surface area (Å²) in [5.74, 6) is -0.905. The van der Waals surface area contributed by atoms with Crippen LogP contribution in [-0.2, 0) is 45.6 Å². The number of ether oxygens (including phenoxy) is 2. The van der Waals surface area contributed by atoms with Crippen LogP contribution in [0.3, 0.4) is 0 Å². The van der Waals surface area contributed by atoms with E-state index >= 15 is 0 Å². The van der Waals surface area contributed by atoms with Crippen molar-refractivity contribution in [1.29, 1.82) is 0 Å². The Bertz CT molecular complexity index is 627. The van der Waals surface area contributed by atoms with Crippen molar-refractivity contribution in [1.82, 2.24) is 0 Å². The van der Waals surface area contributed by atoms with Crippen LogP contribution in [0.2, 0.25) is 0 Å². The van der Waals surface area contributed by atoms with Gasteiger partial charge in [0.2, 0.25) is 0 Å². The van der Waals surface area contributed by atoms with Gasteiger partial charge in [-0.1, -0.05) is 27.0 Å². The number of hydrogen-bond donors (Lipinski definition) is 0. The quantitative estimate of drug-likeness (QED) is 0.154. The molecule has 0 heterocycles. The lowest BCUT2D eigenvalue weighted by atomic mass is 10.4. The summed E-state index contributed by atoms with van der Waals surface area (Å²) in [7, 11) is -1.51. The fraction of sp³-hybridized carbons (Fsp3) is 0.739. The highest BCUT2D eigenvalue weighted by Gasteiger charge is 2.51. The molecule has 35 heavy (non-hydrogen) atoms. The first-order chi connectivity index (χ1) is 16.4. The molecule has 0 N–H and O–H groups in total. The van der Waals surface area contributed by atoms with Gasteiger partial charge in [-0.15, -0.1) is 0 Å². The highest BCUT2D eigenvalue weighted by Crippen LogP contribution is 2.22. The molecule has 0 bridgehead atoms. The molecule has 0 spiro atoms. The summed E-state index contributed by atoms with van der Waals surface area (Å²) in [5.41, 5.74) is -0.330. The first kappa shape index (κ1) is 35.8. The Hall–Kier alpha value is -1.39. The number of rotatable bonds is 17. The van der Waals surface area contributed by atoms with Gasteiger partial charge >= 0.3 is 29.5 Å². The molecule has 12 heteroatoms. The van der Waals surface area contributed by atoms with Crippen molar-refractivity contribution in [2.45, 2.75) is 72.8 Å². The van der Waals surface area contributed by atoms with Crippen molar-refractivity contribution in [3.63, 3.8) is 0 Å². The topological polar surface area (TPSA) is 108 Å². The Morgan fingerprint density at radius 2 is 0.914 bits per heavy atom. The van der Waals surface area contributed by atoms with Gasteiger partial charge in [-0.3, -0.25) is 0 Å². The van der Waals surface area contributed by atoms with Crippen LogP contribution in [0.4, 0.5) is 0 Å². The van der Waals surface area contributed by atoms with Crippen LogP contribution in [0.1, 0.15) is 61.3 Å². The summed E-state index contributed by atoms with van der Waals surface area (Å²) in [5, 5.41) is 0. The van der Waals surface area contributed by atoms with Gasteiger partial charge in [-0.25, -0.2) is 9.59 Å². The summed E-state index contributed by atoms with van der Waals surface area (Å²) in [4.78, 5) is 23.1. The lowest BCUT2D eigenvalue weighted by Crippen LogP contribution is -2.58. The monoisotopic (exact) mass is 538 g/mol. The van der Waals surface area contributed by atoms with Crippen molar-refractivity contribution in [2.24, 2.45) is 0 Å². The van der Waals surface area contributed by atoms with Crippen LogP contribution in [0, 0.1) is 0 Å². The molecule has 0 saturated heterocycles. The van der Waals surface area contributed by atoms with Gasteiger partial charge in [-0.05, 0) is 47.5 Å². The third-order valence-corrected chi connectivity index (χ3v) is 11.0. The Balaban J connectivity index is 0. The molecule has 0 aromatic heterocycles. The molecule has 0 amide bonds. The summed E-state index contributed by atoms with van der Waals surface area (Å²) in [6.07, 6.45) is 1.13. The van der Waals surface area contributed by atoms with Gasteiger partial charge < -0.3 is 36.0 Å². The molecule has 0 saturated carbocycles. The molecule has 10 nitrogen and oxygen atoms in total. The van der Waals surface area contributed by atoms with Crippen LogP contribution in [0.5, 0.6) is 0 Å². The Morgan fingerprint density at radius 3 is 1.11 bits per heavy atom. The van der Waals surface area contributed by atoms with E-state index in [-0.39, 0.29) is 0 Å². The van der Waals surface area contributed by atoms with E-state index in [4.69, 9.17) is 36.0 Å². The molecule has 2 unspecified atom stereocenters. The SMILES string of the molecule is C=C(C)C(=O)OC(CC)[Si](OC)(OC)OC.C=C(C)C(=O)OC(CC)[Si](OCC)(OCC)OCC. The lowest BCUT2D eigenvalue weighted by Gasteiger charge is -2.34. The second-order valence-electron chi connectivity index (χ2n) is 7.28. The second-order valence-corrected chi connectivity index (χ2v) is 13.1. The zero-order chi connectivity index (χ0) is 27.7. The van der Waals surface area contributed by atoms with E-state index in [0.29, 0.717) is 43.8 Å². The lowest BCUT2D eigenvalue weighted by molar-refractivity contribution is -0.145. The normalized spacial score (nSPS) is 13.2. The molecule has 0 aromatic rings. The molecule has 0 aliphatic rings. The van der Waals surface area contributed by atoms with E-state index in [1.807, 2.05) is 34.6 Å². The smallest absolute Gasteiger partial charge is 0.454 e. The standard InChI is InChI=1S/C13H26O5Si.C10H20O5Si/c1-7-12(18-13(14)11(5)6)19(15-8-2,16-9-3)17-10-4;1-7-9(15-10(11)8(2)3)16(12-4,13-5)14-6/h12H,5,7-10H2,1-4,6H3;9H,2,7H2,1,3-6H3. The maximum atomic E-state index is 11.7. The fourth-order valence-corrected chi connectivity index (χ4v) is 7.73. The average Bonchev–Trinajstić information content (AvgIpc) is 2.83. The van der Waals surface area contributed by atoms with Crippen LogP contribution in [-0.4, -0.2) is 82.2 Å². The number of carbonyl (C=O) groups is 2. The van der Waals surface area contributed by atoms with E-state index in [2.05, 4.69) is 13.2 Å². The predicted molar refractivity (Wildman–Crippen MR) is 137 cm³/mol. The van der Waals surface area contributed by atoms with Gasteiger partial charge in [0.25, 0.3) is 0 Å². The zero-order valence-corrected chi connectivity index (χ0v) is 25.2. The van der Waals surface area contributed by atoms with Crippen molar-refractivity contribution < 1.29 is 45.6 Å². The molecule has 0 aliphatic heterocycles. The average molecular weight is 539 g/mol. The van der Waals surface area contributed by atoms with Gasteiger partial charge in [0, 0.05) is 52.3 Å². The van der Waals surface area contributed by atoms with E-state index in [1.165, 1.54) is 21.3 Å². The molecule has 0 rings (SSSR count). The first-order valence-corrected chi connectivity index (χ1v) is 15.3. The van der Waals surface area contributed by atoms with Crippen LogP contribution >= 0.6 is 0 Å². The molecule has 0 aliphatic carbocycles. The highest BCUT2D eigenvalue weighted by atomic mass is 28.4. The third-order valence-electron chi connectivity index (χ3n) is 4.62. The molecular weight excluding hydrogens is 492 g/mol. The van der Waals surface area contributed by atoms with Gasteiger partial charge in [-0.2, -0.15) is 0 Å². The second kappa shape index (κ2) is 18.8. The molecule has 206 valence electrons. The third kappa shape index (κ3) is 11.5. The largest absolute Gasteiger partial charge is 0.544 e. The van der Waals surface area contributed by atoms with Crippen molar-refractivity contribution in [3.05, 3.63) is 24.3 Å². The molecule has 0 radical (unpaired) electrons. The van der Waals surface area contributed by atoms with E-state index in [9.17, 15) is 9.59 Å². The summed E-state index contributed by atoms with van der Waals surface area (Å²) in [6, 6.07) is 0. The summed E-state index contributed by atoms with van der Waals surface area (Å²) >= 11 is 0. The first-order valence-electron chi connectivity index (χ1n) is 11.7. The van der Waals surface area contributed by atoms with Crippen molar-refractivity contribution in [3.8, 4) is 0 Å². The zero-order valence-electron chi connectivity index (χ0n) is 23.2. The van der Waals surface area contributed by atoms with Crippen molar-refractivity contribution in [2.75, 3.05) is 41.2 Å². The molecule has 0 fully saturated rings. The molecule has 2 atom stereocenters. The van der Waals surface area contributed by atoms with Gasteiger partial charge in [0.15, 0.2) is 11.5 Å². The summed E-state index contributed by atoms with van der Waals surface area (Å²) in [6.45, 7) is 21.0. The van der Waals surface area contributed by atoms with Crippen LogP contribution in [0.25, 0.3) is 0 Å². The maximum Gasteiger partial charge on any atom is 0.544 e. The number of hydrogen-bond acceptors (Lipinski definition) is 10. The minimum Gasteiger partial charge on any atom is -0.454 e. The molecule has 0 aromatic carbocycles. The van der Waals surface area contributed by atoms with E-state index < -0.39 is 41.0 Å². The Kier molecular flexibility index (Phi) is 19.2. The Labute approximate surface area is 213 Å². The number of esters is 2. The van der Waals surface area contributed by atoms with Gasteiger partial charge in [0.05, 0.1) is 0 Å². The Morgan fingerprint density at radius 1 is 0.629 bits per heavy atom. The molecular formula is C23H46O10Si2.